The Morgan fingerprint density at radius 1 is 1.04 bits per heavy atom. The standard InChI is InChI=1S/C33H36N6O6/c1-20(2)18-43-25-12-23-13-26(15-25)45-24-6-4-5-21(11-24)19-44-30-16-39(10-9-28(30)34-31(40)17-38(3)32(23)41)33(42)22-7-8-27-29(14-22)36-37-35-27/h4-8,11-15,20,28,30H,9-10,16-19H2,1-3H3,(H,34,40)(H,35,36,37)/t28-,30-/m0/s1. The Hall–Kier alpha value is -4.97. The quantitative estimate of drug-likeness (QED) is 0.355. The lowest BCUT2D eigenvalue weighted by Crippen LogP contribution is -2.57. The fraction of sp³-hybridized carbons (Fsp3) is 0.364. The molecule has 0 unspecified atom stereocenters. The number of hydrogen-bond acceptors (Lipinski definition) is 8. The minimum atomic E-state index is -0.491. The van der Waals surface area contributed by atoms with Crippen LogP contribution in [0.25, 0.3) is 11.0 Å². The molecule has 2 aliphatic heterocycles. The van der Waals surface area contributed by atoms with Gasteiger partial charge in [0.2, 0.25) is 5.91 Å². The number of rotatable bonds is 4. The van der Waals surface area contributed by atoms with E-state index in [2.05, 4.69) is 20.7 Å². The summed E-state index contributed by atoms with van der Waals surface area (Å²) in [6, 6.07) is 17.4. The zero-order valence-corrected chi connectivity index (χ0v) is 25.5. The van der Waals surface area contributed by atoms with Crippen molar-refractivity contribution >= 4 is 28.8 Å². The van der Waals surface area contributed by atoms with E-state index in [0.717, 1.165) is 5.56 Å². The number of ether oxygens (including phenoxy) is 3. The van der Waals surface area contributed by atoms with Gasteiger partial charge in [0.05, 0.1) is 31.9 Å². The number of nitrogens with one attached hydrogen (secondary N) is 2. The Bertz CT molecular complexity index is 1720. The molecular formula is C33H36N6O6. The second-order valence-electron chi connectivity index (χ2n) is 11.9. The Morgan fingerprint density at radius 3 is 2.73 bits per heavy atom. The summed E-state index contributed by atoms with van der Waals surface area (Å²) in [7, 11) is 1.58. The van der Waals surface area contributed by atoms with E-state index in [1.54, 1.807) is 48.3 Å². The van der Waals surface area contributed by atoms with E-state index in [4.69, 9.17) is 14.2 Å². The van der Waals surface area contributed by atoms with Crippen molar-refractivity contribution in [3.8, 4) is 17.2 Å². The van der Waals surface area contributed by atoms with E-state index in [0.29, 0.717) is 64.9 Å². The molecule has 1 aromatic heterocycles. The normalized spacial score (nSPS) is 19.2. The first kappa shape index (κ1) is 30.1. The molecule has 3 aromatic carbocycles. The van der Waals surface area contributed by atoms with Crippen molar-refractivity contribution < 1.29 is 28.6 Å². The van der Waals surface area contributed by atoms with Gasteiger partial charge in [-0.3, -0.25) is 14.4 Å². The molecule has 1 fully saturated rings. The van der Waals surface area contributed by atoms with Crippen LogP contribution in [0.15, 0.2) is 60.7 Å². The smallest absolute Gasteiger partial charge is 0.254 e. The number of aromatic nitrogens is 3. The van der Waals surface area contributed by atoms with Crippen LogP contribution < -0.4 is 14.8 Å². The van der Waals surface area contributed by atoms with E-state index in [1.165, 1.54) is 4.90 Å². The Morgan fingerprint density at radius 2 is 1.89 bits per heavy atom. The SMILES string of the molecule is CC(C)COc1cc2cc(c1)C(=O)N(C)CC(=O)N[C@H]1CCN(C(=O)c3ccc4n[nH]nc4c3)C[C@@H]1OCc1cccc(c1)O2. The number of benzene rings is 3. The number of piperidine rings is 1. The highest BCUT2D eigenvalue weighted by Gasteiger charge is 2.34. The lowest BCUT2D eigenvalue weighted by molar-refractivity contribution is -0.124. The number of carbonyl (C=O) groups is 3. The third-order valence-electron chi connectivity index (χ3n) is 7.79. The molecule has 45 heavy (non-hydrogen) atoms. The van der Waals surface area contributed by atoms with Gasteiger partial charge in [0.15, 0.2) is 0 Å². The van der Waals surface area contributed by atoms with Gasteiger partial charge in [0, 0.05) is 37.3 Å². The van der Waals surface area contributed by atoms with Crippen molar-refractivity contribution in [3.63, 3.8) is 0 Å². The third kappa shape index (κ3) is 7.07. The van der Waals surface area contributed by atoms with Crippen molar-refractivity contribution in [1.82, 2.24) is 30.5 Å². The van der Waals surface area contributed by atoms with Crippen LogP contribution in [0, 0.1) is 5.92 Å². The highest BCUT2D eigenvalue weighted by molar-refractivity contribution is 5.98. The number of likely N-dealkylation sites (N-methyl/N-ethyl adjacent to an activating group) is 1. The molecule has 6 rings (SSSR count). The zero-order chi connectivity index (χ0) is 31.5. The molecule has 4 bridgehead atoms. The summed E-state index contributed by atoms with van der Waals surface area (Å²) in [5.74, 6) is 0.992. The number of likely N-dealkylation sites (tertiary alicyclic amines) is 1. The van der Waals surface area contributed by atoms with Crippen molar-refractivity contribution in [1.29, 1.82) is 0 Å². The largest absolute Gasteiger partial charge is 0.493 e. The van der Waals surface area contributed by atoms with Crippen LogP contribution in [0.2, 0.25) is 0 Å². The van der Waals surface area contributed by atoms with Gasteiger partial charge in [0.1, 0.15) is 28.3 Å². The molecule has 1 saturated heterocycles. The first-order valence-corrected chi connectivity index (χ1v) is 15.0. The maximum atomic E-state index is 13.5. The number of fused-ring (bicyclic) bond motifs is 6. The van der Waals surface area contributed by atoms with E-state index >= 15 is 0 Å². The first-order valence-electron chi connectivity index (χ1n) is 15.0. The number of amides is 3. The minimum Gasteiger partial charge on any atom is -0.493 e. The number of H-pyrrole nitrogens is 1. The van der Waals surface area contributed by atoms with Gasteiger partial charge in [-0.05, 0) is 60.4 Å². The molecule has 0 radical (unpaired) electrons. The van der Waals surface area contributed by atoms with Gasteiger partial charge in [0.25, 0.3) is 11.8 Å². The predicted octanol–water partition coefficient (Wildman–Crippen LogP) is 3.79. The summed E-state index contributed by atoms with van der Waals surface area (Å²) < 4.78 is 18.5. The average Bonchev–Trinajstić information content (AvgIpc) is 3.50. The summed E-state index contributed by atoms with van der Waals surface area (Å²) in [5, 5.41) is 13.8. The van der Waals surface area contributed by atoms with Crippen molar-refractivity contribution in [2.24, 2.45) is 5.92 Å². The van der Waals surface area contributed by atoms with Crippen LogP contribution in [-0.2, 0) is 16.1 Å². The molecule has 234 valence electrons. The molecule has 4 aromatic rings. The number of carbonyl (C=O) groups excluding carboxylic acids is 3. The number of hydrogen-bond donors (Lipinski definition) is 2. The second-order valence-corrected chi connectivity index (χ2v) is 11.9. The first-order chi connectivity index (χ1) is 21.7. The monoisotopic (exact) mass is 612 g/mol. The maximum absolute atomic E-state index is 13.5. The Kier molecular flexibility index (Phi) is 8.65. The van der Waals surface area contributed by atoms with Crippen LogP contribution in [0.4, 0.5) is 0 Å². The van der Waals surface area contributed by atoms with Crippen LogP contribution in [0.3, 0.4) is 0 Å². The van der Waals surface area contributed by atoms with Gasteiger partial charge >= 0.3 is 0 Å². The van der Waals surface area contributed by atoms with E-state index in [1.807, 2.05) is 38.1 Å². The fourth-order valence-corrected chi connectivity index (χ4v) is 5.49. The molecule has 3 heterocycles. The van der Waals surface area contributed by atoms with Gasteiger partial charge < -0.3 is 29.3 Å². The highest BCUT2D eigenvalue weighted by Crippen LogP contribution is 2.30. The minimum absolute atomic E-state index is 0.154. The van der Waals surface area contributed by atoms with E-state index < -0.39 is 6.10 Å². The fourth-order valence-electron chi connectivity index (χ4n) is 5.49. The van der Waals surface area contributed by atoms with Crippen molar-refractivity contribution in [2.75, 3.05) is 33.3 Å². The van der Waals surface area contributed by atoms with Gasteiger partial charge in [-0.2, -0.15) is 15.4 Å². The van der Waals surface area contributed by atoms with Crippen molar-refractivity contribution in [3.05, 3.63) is 77.4 Å². The molecule has 2 atom stereocenters. The predicted molar refractivity (Wildman–Crippen MR) is 165 cm³/mol. The highest BCUT2D eigenvalue weighted by atomic mass is 16.5. The molecule has 0 saturated carbocycles. The molecule has 12 heteroatoms. The van der Waals surface area contributed by atoms with Gasteiger partial charge in [-0.1, -0.05) is 26.0 Å². The van der Waals surface area contributed by atoms with Crippen molar-refractivity contribution in [2.45, 2.75) is 39.0 Å². The summed E-state index contributed by atoms with van der Waals surface area (Å²) in [5.41, 5.74) is 2.98. The molecule has 2 N–H and O–H groups in total. The topological polar surface area (TPSA) is 139 Å². The molecule has 2 aliphatic rings. The lowest BCUT2D eigenvalue weighted by Gasteiger charge is -2.39. The van der Waals surface area contributed by atoms with E-state index in [9.17, 15) is 14.4 Å². The van der Waals surface area contributed by atoms with Crippen LogP contribution in [-0.4, -0.2) is 88.4 Å². The lowest BCUT2D eigenvalue weighted by atomic mass is 10.00. The Labute approximate surface area is 260 Å². The molecular weight excluding hydrogens is 576 g/mol. The van der Waals surface area contributed by atoms with Crippen LogP contribution in [0.1, 0.15) is 46.5 Å². The molecule has 3 amide bonds. The van der Waals surface area contributed by atoms with Crippen LogP contribution in [0.5, 0.6) is 17.2 Å². The summed E-state index contributed by atoms with van der Waals surface area (Å²) >= 11 is 0. The third-order valence-corrected chi connectivity index (χ3v) is 7.79. The molecule has 0 spiro atoms. The second kappa shape index (κ2) is 12.9. The zero-order valence-electron chi connectivity index (χ0n) is 25.5. The van der Waals surface area contributed by atoms with Gasteiger partial charge in [-0.25, -0.2) is 0 Å². The summed E-state index contributed by atoms with van der Waals surface area (Å²) in [4.78, 5) is 43.3. The van der Waals surface area contributed by atoms with Crippen LogP contribution >= 0.6 is 0 Å². The summed E-state index contributed by atoms with van der Waals surface area (Å²) in [6.45, 7) is 5.34. The molecule has 12 nitrogen and oxygen atoms in total. The summed E-state index contributed by atoms with van der Waals surface area (Å²) in [6.07, 6.45) is -0.0115. The van der Waals surface area contributed by atoms with E-state index in [-0.39, 0.29) is 43.5 Å². The number of nitrogens with zero attached hydrogens (tertiary/aromatic N) is 4. The number of aromatic amines is 1. The average molecular weight is 613 g/mol. The Balaban J connectivity index is 1.26. The molecule has 0 aliphatic carbocycles. The maximum Gasteiger partial charge on any atom is 0.254 e. The van der Waals surface area contributed by atoms with Gasteiger partial charge in [-0.15, -0.1) is 0 Å².